The van der Waals surface area contributed by atoms with Crippen LogP contribution in [-0.2, 0) is 0 Å². The van der Waals surface area contributed by atoms with Gasteiger partial charge in [0.1, 0.15) is 0 Å². The third-order valence-corrected chi connectivity index (χ3v) is 4.20. The molecular formula is C15H23N3O. The zero-order chi connectivity index (χ0) is 13.2. The molecule has 3 rings (SSSR count). The highest BCUT2D eigenvalue weighted by Crippen LogP contribution is 2.27. The van der Waals surface area contributed by atoms with Gasteiger partial charge in [0, 0.05) is 44.5 Å². The number of β-amino-alcohol motifs (C(OH)–C–C–N with tert-alkyl or cyclic N) is 1. The lowest BCUT2D eigenvalue weighted by Crippen LogP contribution is -2.48. The maximum absolute atomic E-state index is 10.3. The molecule has 19 heavy (non-hydrogen) atoms. The lowest BCUT2D eigenvalue weighted by atomic mass is 10.1. The number of nitrogens with zero attached hydrogens (tertiary/aromatic N) is 2. The van der Waals surface area contributed by atoms with E-state index in [1.54, 1.807) is 0 Å². The van der Waals surface area contributed by atoms with Gasteiger partial charge in [-0.15, -0.1) is 0 Å². The molecule has 104 valence electrons. The van der Waals surface area contributed by atoms with Crippen LogP contribution >= 0.6 is 0 Å². The number of piperazine rings is 1. The third-order valence-electron chi connectivity index (χ3n) is 4.20. The van der Waals surface area contributed by atoms with Gasteiger partial charge in [-0.2, -0.15) is 0 Å². The van der Waals surface area contributed by atoms with Gasteiger partial charge in [0.15, 0.2) is 0 Å². The molecule has 1 aromatic rings. The zero-order valence-electron chi connectivity index (χ0n) is 11.3. The molecule has 1 unspecified atom stereocenters. The summed E-state index contributed by atoms with van der Waals surface area (Å²) in [6.45, 7) is 5.14. The number of hydrogen-bond donors (Lipinski definition) is 2. The summed E-state index contributed by atoms with van der Waals surface area (Å²) in [5, 5.41) is 10.3. The Morgan fingerprint density at radius 2 is 1.95 bits per heavy atom. The molecule has 1 aliphatic carbocycles. The first-order chi connectivity index (χ1) is 9.22. The second-order valence-electron chi connectivity index (χ2n) is 5.75. The van der Waals surface area contributed by atoms with Crippen molar-refractivity contribution in [3.8, 4) is 0 Å². The van der Waals surface area contributed by atoms with Crippen molar-refractivity contribution in [2.45, 2.75) is 25.0 Å². The van der Waals surface area contributed by atoms with Crippen LogP contribution in [-0.4, -0.2) is 53.7 Å². The molecule has 0 spiro atoms. The highest BCUT2D eigenvalue weighted by Gasteiger charge is 2.31. The van der Waals surface area contributed by atoms with Gasteiger partial charge in [-0.1, -0.05) is 12.1 Å². The fourth-order valence-corrected chi connectivity index (χ4v) is 2.87. The van der Waals surface area contributed by atoms with E-state index in [1.807, 2.05) is 24.3 Å². The predicted octanol–water partition coefficient (Wildman–Crippen LogP) is 1.08. The minimum atomic E-state index is -0.434. The number of hydrogen-bond acceptors (Lipinski definition) is 4. The van der Waals surface area contributed by atoms with Gasteiger partial charge >= 0.3 is 0 Å². The molecule has 1 heterocycles. The van der Waals surface area contributed by atoms with Crippen LogP contribution in [0.4, 0.5) is 5.69 Å². The Hall–Kier alpha value is -1.10. The summed E-state index contributed by atoms with van der Waals surface area (Å²) in [6, 6.07) is 8.43. The quantitative estimate of drug-likeness (QED) is 0.797. The van der Waals surface area contributed by atoms with Crippen molar-refractivity contribution < 1.29 is 5.11 Å². The third kappa shape index (κ3) is 3.26. The van der Waals surface area contributed by atoms with E-state index in [2.05, 4.69) is 9.80 Å². The molecule has 4 heteroatoms. The van der Waals surface area contributed by atoms with Crippen LogP contribution in [0.2, 0.25) is 0 Å². The Balaban J connectivity index is 1.51. The largest absolute Gasteiger partial charge is 0.399 e. The second-order valence-corrected chi connectivity index (χ2v) is 5.75. The standard InChI is InChI=1S/C15H23N3O/c16-13-3-1-2-12(10-13)15(19)11-17-6-8-18(9-7-17)14-4-5-14/h1-3,10,14-15,19H,4-9,11,16H2. The lowest BCUT2D eigenvalue weighted by molar-refractivity contribution is 0.0700. The number of nitrogens with two attached hydrogens (primary N) is 1. The first-order valence-electron chi connectivity index (χ1n) is 7.22. The molecule has 1 aromatic carbocycles. The van der Waals surface area contributed by atoms with Gasteiger partial charge in [-0.3, -0.25) is 9.80 Å². The molecular weight excluding hydrogens is 238 g/mol. The van der Waals surface area contributed by atoms with Crippen LogP contribution < -0.4 is 5.73 Å². The van der Waals surface area contributed by atoms with E-state index in [0.29, 0.717) is 6.54 Å². The summed E-state index contributed by atoms with van der Waals surface area (Å²) in [7, 11) is 0. The predicted molar refractivity (Wildman–Crippen MR) is 76.8 cm³/mol. The summed E-state index contributed by atoms with van der Waals surface area (Å²) >= 11 is 0. The number of aliphatic hydroxyl groups is 1. The Morgan fingerprint density at radius 1 is 1.21 bits per heavy atom. The van der Waals surface area contributed by atoms with Gasteiger partial charge in [0.25, 0.3) is 0 Å². The van der Waals surface area contributed by atoms with Crippen molar-refractivity contribution >= 4 is 5.69 Å². The number of aliphatic hydroxyl groups excluding tert-OH is 1. The van der Waals surface area contributed by atoms with Gasteiger partial charge in [-0.25, -0.2) is 0 Å². The molecule has 1 saturated carbocycles. The van der Waals surface area contributed by atoms with Gasteiger partial charge < -0.3 is 10.8 Å². The monoisotopic (exact) mass is 261 g/mol. The first-order valence-corrected chi connectivity index (χ1v) is 7.22. The molecule has 4 nitrogen and oxygen atoms in total. The minimum Gasteiger partial charge on any atom is -0.399 e. The Kier molecular flexibility index (Phi) is 3.73. The van der Waals surface area contributed by atoms with Crippen molar-refractivity contribution in [3.63, 3.8) is 0 Å². The molecule has 2 aliphatic rings. The summed E-state index contributed by atoms with van der Waals surface area (Å²) < 4.78 is 0. The van der Waals surface area contributed by atoms with E-state index in [0.717, 1.165) is 43.5 Å². The fourth-order valence-electron chi connectivity index (χ4n) is 2.87. The average molecular weight is 261 g/mol. The van der Waals surface area contributed by atoms with Crippen molar-refractivity contribution in [2.24, 2.45) is 0 Å². The second kappa shape index (κ2) is 5.49. The Morgan fingerprint density at radius 3 is 2.58 bits per heavy atom. The number of rotatable bonds is 4. The van der Waals surface area contributed by atoms with Crippen molar-refractivity contribution in [2.75, 3.05) is 38.5 Å². The molecule has 2 fully saturated rings. The molecule has 0 radical (unpaired) electrons. The molecule has 1 aliphatic heterocycles. The average Bonchev–Trinajstić information content (AvgIpc) is 3.24. The van der Waals surface area contributed by atoms with Crippen molar-refractivity contribution in [3.05, 3.63) is 29.8 Å². The molecule has 0 aromatic heterocycles. The van der Waals surface area contributed by atoms with Crippen LogP contribution in [0.3, 0.4) is 0 Å². The highest BCUT2D eigenvalue weighted by atomic mass is 16.3. The lowest BCUT2D eigenvalue weighted by Gasteiger charge is -2.35. The minimum absolute atomic E-state index is 0.434. The van der Waals surface area contributed by atoms with Gasteiger partial charge in [0.2, 0.25) is 0 Å². The number of anilines is 1. The number of benzene rings is 1. The molecule has 1 saturated heterocycles. The van der Waals surface area contributed by atoms with E-state index in [-0.39, 0.29) is 0 Å². The molecule has 0 amide bonds. The van der Waals surface area contributed by atoms with Gasteiger partial charge in [0.05, 0.1) is 6.10 Å². The van der Waals surface area contributed by atoms with E-state index in [9.17, 15) is 5.11 Å². The van der Waals surface area contributed by atoms with E-state index in [1.165, 1.54) is 12.8 Å². The van der Waals surface area contributed by atoms with Crippen LogP contribution in [0.1, 0.15) is 24.5 Å². The molecule has 3 N–H and O–H groups in total. The Bertz CT molecular complexity index is 425. The fraction of sp³-hybridized carbons (Fsp3) is 0.600. The van der Waals surface area contributed by atoms with Gasteiger partial charge in [-0.05, 0) is 30.5 Å². The van der Waals surface area contributed by atoms with Crippen LogP contribution in [0.25, 0.3) is 0 Å². The van der Waals surface area contributed by atoms with E-state index >= 15 is 0 Å². The summed E-state index contributed by atoms with van der Waals surface area (Å²) in [5.74, 6) is 0. The maximum atomic E-state index is 10.3. The summed E-state index contributed by atoms with van der Waals surface area (Å²) in [4.78, 5) is 4.94. The first kappa shape index (κ1) is 12.9. The maximum Gasteiger partial charge on any atom is 0.0917 e. The van der Waals surface area contributed by atoms with Crippen molar-refractivity contribution in [1.29, 1.82) is 0 Å². The Labute approximate surface area is 114 Å². The van der Waals surface area contributed by atoms with Crippen LogP contribution in [0, 0.1) is 0 Å². The normalized spacial score (nSPS) is 23.4. The summed E-state index contributed by atoms with van der Waals surface area (Å²) in [6.07, 6.45) is 2.33. The van der Waals surface area contributed by atoms with E-state index < -0.39 is 6.10 Å². The van der Waals surface area contributed by atoms with Crippen molar-refractivity contribution in [1.82, 2.24) is 9.80 Å². The summed E-state index contributed by atoms with van der Waals surface area (Å²) in [5.41, 5.74) is 7.40. The van der Waals surface area contributed by atoms with E-state index in [4.69, 9.17) is 5.73 Å². The molecule has 1 atom stereocenters. The highest BCUT2D eigenvalue weighted by molar-refractivity contribution is 5.41. The smallest absolute Gasteiger partial charge is 0.0917 e. The number of nitrogen functional groups attached to an aromatic ring is 1. The zero-order valence-corrected chi connectivity index (χ0v) is 11.3. The van der Waals surface area contributed by atoms with Crippen LogP contribution in [0.5, 0.6) is 0 Å². The SMILES string of the molecule is Nc1cccc(C(O)CN2CCN(C3CC3)CC2)c1. The molecule has 0 bridgehead atoms. The van der Waals surface area contributed by atoms with Crippen LogP contribution in [0.15, 0.2) is 24.3 Å². The topological polar surface area (TPSA) is 52.7 Å².